The standard InChI is InChI=1S/C13H16BrNO3/c1-17-12-3-2-9(8-11(12)14)13(16)15-10-4-6-18-7-5-10/h2-3,8,10H,4-7H2,1H3,(H,15,16). The van der Waals surface area contributed by atoms with Crippen molar-refractivity contribution in [2.75, 3.05) is 20.3 Å². The number of ether oxygens (including phenoxy) is 2. The number of carbonyl (C=O) groups is 1. The van der Waals surface area contributed by atoms with Gasteiger partial charge in [-0.25, -0.2) is 0 Å². The summed E-state index contributed by atoms with van der Waals surface area (Å²) in [5.74, 6) is 0.669. The first-order chi connectivity index (χ1) is 8.70. The first-order valence-corrected chi connectivity index (χ1v) is 6.72. The first kappa shape index (κ1) is 13.4. The number of carbonyl (C=O) groups excluding carboxylic acids is 1. The second-order valence-corrected chi connectivity index (χ2v) is 5.06. The lowest BCUT2D eigenvalue weighted by Crippen LogP contribution is -2.38. The van der Waals surface area contributed by atoms with E-state index in [9.17, 15) is 4.79 Å². The molecule has 0 unspecified atom stereocenters. The quantitative estimate of drug-likeness (QED) is 0.932. The molecule has 0 saturated carbocycles. The molecule has 18 heavy (non-hydrogen) atoms. The average Bonchev–Trinajstić information content (AvgIpc) is 2.39. The molecule has 1 aromatic rings. The van der Waals surface area contributed by atoms with Gasteiger partial charge in [0.1, 0.15) is 5.75 Å². The van der Waals surface area contributed by atoms with Gasteiger partial charge in [-0.1, -0.05) is 0 Å². The van der Waals surface area contributed by atoms with Gasteiger partial charge in [0.15, 0.2) is 0 Å². The molecular formula is C13H16BrNO3. The summed E-state index contributed by atoms with van der Waals surface area (Å²) < 4.78 is 11.2. The van der Waals surface area contributed by atoms with Crippen LogP contribution in [0.15, 0.2) is 22.7 Å². The third-order valence-electron chi connectivity index (χ3n) is 2.97. The molecule has 1 aromatic carbocycles. The molecule has 1 aliphatic heterocycles. The van der Waals surface area contributed by atoms with Crippen LogP contribution in [-0.4, -0.2) is 32.3 Å². The van der Waals surface area contributed by atoms with Gasteiger partial charge in [0, 0.05) is 24.8 Å². The van der Waals surface area contributed by atoms with Gasteiger partial charge in [0.25, 0.3) is 5.91 Å². The van der Waals surface area contributed by atoms with Crippen LogP contribution in [0.4, 0.5) is 0 Å². The molecule has 0 bridgehead atoms. The van der Waals surface area contributed by atoms with Gasteiger partial charge < -0.3 is 14.8 Å². The highest BCUT2D eigenvalue weighted by atomic mass is 79.9. The van der Waals surface area contributed by atoms with Crippen molar-refractivity contribution in [3.05, 3.63) is 28.2 Å². The van der Waals surface area contributed by atoms with Crippen molar-refractivity contribution in [2.45, 2.75) is 18.9 Å². The Labute approximate surface area is 115 Å². The molecule has 0 atom stereocenters. The van der Waals surface area contributed by atoms with Gasteiger partial charge in [0.05, 0.1) is 11.6 Å². The van der Waals surface area contributed by atoms with E-state index < -0.39 is 0 Å². The Kier molecular flexibility index (Phi) is 4.60. The molecule has 1 fully saturated rings. The fourth-order valence-electron chi connectivity index (χ4n) is 1.92. The summed E-state index contributed by atoms with van der Waals surface area (Å²) in [6.45, 7) is 1.44. The van der Waals surface area contributed by atoms with Crippen LogP contribution in [0.3, 0.4) is 0 Å². The number of methoxy groups -OCH3 is 1. The molecule has 0 aromatic heterocycles. The van der Waals surface area contributed by atoms with Crippen LogP contribution < -0.4 is 10.1 Å². The van der Waals surface area contributed by atoms with Crippen LogP contribution in [0.2, 0.25) is 0 Å². The number of benzene rings is 1. The van der Waals surface area contributed by atoms with E-state index >= 15 is 0 Å². The van der Waals surface area contributed by atoms with E-state index in [0.717, 1.165) is 36.3 Å². The van der Waals surface area contributed by atoms with Crippen molar-refractivity contribution in [3.8, 4) is 5.75 Å². The molecule has 1 heterocycles. The van der Waals surface area contributed by atoms with Gasteiger partial charge in [-0.05, 0) is 47.0 Å². The summed E-state index contributed by atoms with van der Waals surface area (Å²) in [5, 5.41) is 3.02. The molecule has 98 valence electrons. The topological polar surface area (TPSA) is 47.6 Å². The molecule has 1 saturated heterocycles. The van der Waals surface area contributed by atoms with Crippen molar-refractivity contribution in [1.82, 2.24) is 5.32 Å². The smallest absolute Gasteiger partial charge is 0.251 e. The minimum absolute atomic E-state index is 0.0507. The highest BCUT2D eigenvalue weighted by molar-refractivity contribution is 9.10. The highest BCUT2D eigenvalue weighted by Gasteiger charge is 2.17. The maximum Gasteiger partial charge on any atom is 0.251 e. The Hall–Kier alpha value is -1.07. The van der Waals surface area contributed by atoms with E-state index in [1.807, 2.05) is 0 Å². The number of hydrogen-bond acceptors (Lipinski definition) is 3. The summed E-state index contributed by atoms with van der Waals surface area (Å²) >= 11 is 3.38. The average molecular weight is 314 g/mol. The highest BCUT2D eigenvalue weighted by Crippen LogP contribution is 2.25. The minimum atomic E-state index is -0.0507. The zero-order valence-corrected chi connectivity index (χ0v) is 11.8. The Bertz CT molecular complexity index is 430. The molecule has 0 radical (unpaired) electrons. The Balaban J connectivity index is 2.01. The molecular weight excluding hydrogens is 298 g/mol. The lowest BCUT2D eigenvalue weighted by Gasteiger charge is -2.23. The SMILES string of the molecule is COc1ccc(C(=O)NC2CCOCC2)cc1Br. The van der Waals surface area contributed by atoms with E-state index in [1.54, 1.807) is 25.3 Å². The second-order valence-electron chi connectivity index (χ2n) is 4.21. The van der Waals surface area contributed by atoms with Crippen LogP contribution in [-0.2, 0) is 4.74 Å². The fourth-order valence-corrected chi connectivity index (χ4v) is 2.46. The molecule has 1 amide bonds. The normalized spacial score (nSPS) is 16.3. The number of hydrogen-bond donors (Lipinski definition) is 1. The molecule has 4 nitrogen and oxygen atoms in total. The van der Waals surface area contributed by atoms with E-state index in [2.05, 4.69) is 21.2 Å². The van der Waals surface area contributed by atoms with Gasteiger partial charge in [0.2, 0.25) is 0 Å². The number of rotatable bonds is 3. The summed E-state index contributed by atoms with van der Waals surface area (Å²) in [7, 11) is 1.60. The van der Waals surface area contributed by atoms with Crippen molar-refractivity contribution in [2.24, 2.45) is 0 Å². The zero-order chi connectivity index (χ0) is 13.0. The van der Waals surface area contributed by atoms with E-state index in [4.69, 9.17) is 9.47 Å². The van der Waals surface area contributed by atoms with Crippen molar-refractivity contribution >= 4 is 21.8 Å². The van der Waals surface area contributed by atoms with E-state index in [0.29, 0.717) is 5.56 Å². The van der Waals surface area contributed by atoms with Crippen LogP contribution in [0.1, 0.15) is 23.2 Å². The van der Waals surface area contributed by atoms with Crippen LogP contribution in [0, 0.1) is 0 Å². The van der Waals surface area contributed by atoms with Gasteiger partial charge in [-0.15, -0.1) is 0 Å². The lowest BCUT2D eigenvalue weighted by atomic mass is 10.1. The van der Waals surface area contributed by atoms with E-state index in [1.165, 1.54) is 0 Å². The monoisotopic (exact) mass is 313 g/mol. The zero-order valence-electron chi connectivity index (χ0n) is 10.2. The largest absolute Gasteiger partial charge is 0.496 e. The van der Waals surface area contributed by atoms with Crippen LogP contribution in [0.5, 0.6) is 5.75 Å². The predicted molar refractivity (Wildman–Crippen MR) is 72.0 cm³/mol. The molecule has 5 heteroatoms. The molecule has 0 aliphatic carbocycles. The second kappa shape index (κ2) is 6.20. The number of amides is 1. The van der Waals surface area contributed by atoms with Gasteiger partial charge in [-0.2, -0.15) is 0 Å². The van der Waals surface area contributed by atoms with Gasteiger partial charge in [-0.3, -0.25) is 4.79 Å². The summed E-state index contributed by atoms with van der Waals surface area (Å²) in [6, 6.07) is 5.53. The third-order valence-corrected chi connectivity index (χ3v) is 3.59. The van der Waals surface area contributed by atoms with Crippen molar-refractivity contribution in [1.29, 1.82) is 0 Å². The summed E-state index contributed by atoms with van der Waals surface area (Å²) in [5.41, 5.74) is 0.633. The summed E-state index contributed by atoms with van der Waals surface area (Å²) in [6.07, 6.45) is 1.76. The molecule has 0 spiro atoms. The van der Waals surface area contributed by atoms with Gasteiger partial charge >= 0.3 is 0 Å². The van der Waals surface area contributed by atoms with E-state index in [-0.39, 0.29) is 11.9 Å². The maximum atomic E-state index is 12.1. The molecule has 1 N–H and O–H groups in total. The number of nitrogens with one attached hydrogen (secondary N) is 1. The lowest BCUT2D eigenvalue weighted by molar-refractivity contribution is 0.0696. The first-order valence-electron chi connectivity index (χ1n) is 5.93. The number of halogens is 1. The Morgan fingerprint density at radius 3 is 2.78 bits per heavy atom. The summed E-state index contributed by atoms with van der Waals surface area (Å²) in [4.78, 5) is 12.1. The molecule has 2 rings (SSSR count). The third kappa shape index (κ3) is 3.23. The maximum absolute atomic E-state index is 12.1. The van der Waals surface area contributed by atoms with Crippen molar-refractivity contribution < 1.29 is 14.3 Å². The minimum Gasteiger partial charge on any atom is -0.496 e. The Morgan fingerprint density at radius 1 is 1.44 bits per heavy atom. The fraction of sp³-hybridized carbons (Fsp3) is 0.462. The van der Waals surface area contributed by atoms with Crippen LogP contribution >= 0.6 is 15.9 Å². The Morgan fingerprint density at radius 2 is 2.17 bits per heavy atom. The predicted octanol–water partition coefficient (Wildman–Crippen LogP) is 2.37. The molecule has 1 aliphatic rings. The van der Waals surface area contributed by atoms with Crippen molar-refractivity contribution in [3.63, 3.8) is 0 Å². The van der Waals surface area contributed by atoms with Crippen LogP contribution in [0.25, 0.3) is 0 Å².